The van der Waals surface area contributed by atoms with E-state index >= 15 is 0 Å². The lowest BCUT2D eigenvalue weighted by Gasteiger charge is -2.37. The Balaban J connectivity index is 1.60. The van der Waals surface area contributed by atoms with Gasteiger partial charge in [0, 0.05) is 43.0 Å². The molecule has 0 saturated carbocycles. The number of aliphatic imine (C=N–C) groups is 1. The number of rotatable bonds is 11. The minimum atomic E-state index is -1.31. The molecule has 2 aliphatic rings. The fraction of sp³-hybridized carbons (Fsp3) is 0.355. The molecule has 212 valence electrons. The molecule has 0 unspecified atom stereocenters. The van der Waals surface area contributed by atoms with Crippen LogP contribution in [0.15, 0.2) is 89.0 Å². The third kappa shape index (κ3) is 6.36. The van der Waals surface area contributed by atoms with Crippen molar-refractivity contribution >= 4 is 11.8 Å². The second-order valence-electron chi connectivity index (χ2n) is 9.94. The molecule has 10 nitrogen and oxygen atoms in total. The molecule has 10 heteroatoms. The van der Waals surface area contributed by atoms with E-state index in [-0.39, 0.29) is 25.5 Å². The van der Waals surface area contributed by atoms with Crippen LogP contribution in [0.2, 0.25) is 0 Å². The fourth-order valence-corrected chi connectivity index (χ4v) is 5.22. The predicted molar refractivity (Wildman–Crippen MR) is 154 cm³/mol. The number of carbonyl (C=O) groups excluding carboxylic acids is 1. The zero-order chi connectivity index (χ0) is 28.5. The highest BCUT2D eigenvalue weighted by molar-refractivity contribution is 6.01. The molecule has 3 aromatic carbocycles. The summed E-state index contributed by atoms with van der Waals surface area (Å²) in [6.07, 6.45) is 0.108. The van der Waals surface area contributed by atoms with E-state index in [0.29, 0.717) is 51.0 Å². The van der Waals surface area contributed by atoms with Gasteiger partial charge in [-0.1, -0.05) is 59.7 Å². The third-order valence-corrected chi connectivity index (χ3v) is 7.29. The van der Waals surface area contributed by atoms with Crippen molar-refractivity contribution in [1.82, 2.24) is 4.90 Å². The van der Waals surface area contributed by atoms with E-state index in [9.17, 15) is 4.79 Å². The molecular weight excluding hydrogens is 522 g/mol. The number of azide groups is 1. The molecule has 2 atom stereocenters. The molecular formula is C31H33N5O5. The van der Waals surface area contributed by atoms with Crippen molar-refractivity contribution in [2.45, 2.75) is 31.0 Å². The van der Waals surface area contributed by atoms with E-state index in [1.165, 1.54) is 0 Å². The monoisotopic (exact) mass is 555 g/mol. The highest BCUT2D eigenvalue weighted by Gasteiger charge is 2.55. The summed E-state index contributed by atoms with van der Waals surface area (Å²) in [5, 5.41) is 12.8. The van der Waals surface area contributed by atoms with Crippen molar-refractivity contribution in [2.24, 2.45) is 10.1 Å². The van der Waals surface area contributed by atoms with Crippen molar-refractivity contribution in [1.29, 1.82) is 0 Å². The summed E-state index contributed by atoms with van der Waals surface area (Å²) in [5.41, 5.74) is 10.9. The average Bonchev–Trinajstić information content (AvgIpc) is 3.42. The van der Waals surface area contributed by atoms with Crippen LogP contribution in [-0.4, -0.2) is 66.9 Å². The Labute approximate surface area is 238 Å². The van der Waals surface area contributed by atoms with E-state index < -0.39 is 11.6 Å². The van der Waals surface area contributed by atoms with Crippen LogP contribution in [0, 0.1) is 0 Å². The molecule has 41 heavy (non-hydrogen) atoms. The maximum atomic E-state index is 14.6. The first-order valence-electron chi connectivity index (χ1n) is 13.7. The van der Waals surface area contributed by atoms with Crippen molar-refractivity contribution in [3.05, 3.63) is 112 Å². The smallest absolute Gasteiger partial charge is 0.255 e. The number of carbonyl (C=O) groups is 1. The van der Waals surface area contributed by atoms with Crippen molar-refractivity contribution in [3.8, 4) is 5.75 Å². The molecule has 0 bridgehead atoms. The van der Waals surface area contributed by atoms with Crippen LogP contribution >= 0.6 is 0 Å². The maximum absolute atomic E-state index is 14.6. The number of aliphatic hydroxyl groups excluding tert-OH is 1. The van der Waals surface area contributed by atoms with Crippen LogP contribution in [0.3, 0.4) is 0 Å². The van der Waals surface area contributed by atoms with Crippen LogP contribution in [0.25, 0.3) is 10.4 Å². The quantitative estimate of drug-likeness (QED) is 0.160. The van der Waals surface area contributed by atoms with E-state index in [2.05, 4.69) is 10.0 Å². The van der Waals surface area contributed by atoms with Gasteiger partial charge in [0.15, 0.2) is 11.6 Å². The van der Waals surface area contributed by atoms with Gasteiger partial charge in [-0.3, -0.25) is 4.79 Å². The van der Waals surface area contributed by atoms with Crippen LogP contribution in [0.5, 0.6) is 5.75 Å². The van der Waals surface area contributed by atoms with Gasteiger partial charge < -0.3 is 24.2 Å². The fourth-order valence-electron chi connectivity index (χ4n) is 5.22. The molecule has 0 spiro atoms. The van der Waals surface area contributed by atoms with E-state index in [0.717, 1.165) is 22.3 Å². The maximum Gasteiger partial charge on any atom is 0.255 e. The van der Waals surface area contributed by atoms with Gasteiger partial charge >= 0.3 is 0 Å². The molecule has 0 aliphatic carbocycles. The van der Waals surface area contributed by atoms with Gasteiger partial charge in [-0.05, 0) is 46.5 Å². The van der Waals surface area contributed by atoms with Gasteiger partial charge in [-0.25, -0.2) is 4.99 Å². The summed E-state index contributed by atoms with van der Waals surface area (Å²) in [7, 11) is 0. The van der Waals surface area contributed by atoms with Crippen molar-refractivity contribution in [2.75, 3.05) is 39.5 Å². The summed E-state index contributed by atoms with van der Waals surface area (Å²) in [6.45, 7) is 2.49. The molecule has 1 fully saturated rings. The molecule has 2 aliphatic heterocycles. The first-order valence-corrected chi connectivity index (χ1v) is 13.7. The molecule has 2 heterocycles. The Bertz CT molecular complexity index is 1400. The summed E-state index contributed by atoms with van der Waals surface area (Å²) in [5.74, 6) is 0.908. The first-order chi connectivity index (χ1) is 20.1. The molecule has 1 N–H and O–H groups in total. The summed E-state index contributed by atoms with van der Waals surface area (Å²) < 4.78 is 17.8. The average molecular weight is 556 g/mol. The van der Waals surface area contributed by atoms with Gasteiger partial charge in [0.05, 0.1) is 26.4 Å². The Morgan fingerprint density at radius 2 is 1.76 bits per heavy atom. The van der Waals surface area contributed by atoms with E-state index in [1.54, 1.807) is 0 Å². The molecule has 0 aromatic heterocycles. The number of hydrogen-bond acceptors (Lipinski definition) is 7. The summed E-state index contributed by atoms with van der Waals surface area (Å²) in [4.78, 5) is 24.4. The molecule has 0 radical (unpaired) electrons. The normalized spacial score (nSPS) is 20.1. The molecule has 1 amide bonds. The number of aliphatic hydroxyl groups is 1. The zero-order valence-corrected chi connectivity index (χ0v) is 22.8. The van der Waals surface area contributed by atoms with Gasteiger partial charge in [0.1, 0.15) is 5.75 Å². The van der Waals surface area contributed by atoms with Crippen LogP contribution < -0.4 is 4.74 Å². The van der Waals surface area contributed by atoms with E-state index in [4.69, 9.17) is 29.8 Å². The highest BCUT2D eigenvalue weighted by atomic mass is 16.5. The zero-order valence-electron chi connectivity index (χ0n) is 22.8. The lowest BCUT2D eigenvalue weighted by Crippen LogP contribution is -2.54. The Kier molecular flexibility index (Phi) is 9.15. The Morgan fingerprint density at radius 1 is 1.05 bits per heavy atom. The highest BCUT2D eigenvalue weighted by Crippen LogP contribution is 2.44. The predicted octanol–water partition coefficient (Wildman–Crippen LogP) is 4.62. The molecule has 5 rings (SSSR count). The topological polar surface area (TPSA) is 129 Å². The minimum absolute atomic E-state index is 0.0643. The molecule has 1 saturated heterocycles. The van der Waals surface area contributed by atoms with Gasteiger partial charge in [-0.2, -0.15) is 0 Å². The lowest BCUT2D eigenvalue weighted by atomic mass is 9.80. The largest absolute Gasteiger partial charge is 0.494 e. The molecule has 3 aromatic rings. The number of amides is 1. The summed E-state index contributed by atoms with van der Waals surface area (Å²) in [6, 6.07) is 24.7. The van der Waals surface area contributed by atoms with Crippen molar-refractivity contribution < 1.29 is 24.1 Å². The lowest BCUT2D eigenvalue weighted by molar-refractivity contribution is -0.143. The number of morpholine rings is 1. The number of benzene rings is 3. The Morgan fingerprint density at radius 3 is 2.46 bits per heavy atom. The third-order valence-electron chi connectivity index (χ3n) is 7.29. The van der Waals surface area contributed by atoms with Gasteiger partial charge in [-0.15, -0.1) is 0 Å². The van der Waals surface area contributed by atoms with E-state index in [1.807, 2.05) is 83.8 Å². The number of hydrogen-bond donors (Lipinski definition) is 1. The second kappa shape index (κ2) is 13.3. The number of nitrogens with zero attached hydrogens (tertiary/aromatic N) is 5. The van der Waals surface area contributed by atoms with Crippen LogP contribution in [0.4, 0.5) is 0 Å². The SMILES string of the molecule is [N-]=[N+]=NCc1ccccc1C[C@]1(C(=O)N2CCOCC2)N=C(c2ccc(OCCCO)cc2)O[C@H]1c1ccccc1. The minimum Gasteiger partial charge on any atom is -0.494 e. The van der Waals surface area contributed by atoms with Gasteiger partial charge in [0.2, 0.25) is 5.90 Å². The number of ether oxygens (including phenoxy) is 3. The van der Waals surface area contributed by atoms with Crippen LogP contribution in [-0.2, 0) is 27.2 Å². The van der Waals surface area contributed by atoms with Gasteiger partial charge in [0.25, 0.3) is 5.91 Å². The van der Waals surface area contributed by atoms with Crippen molar-refractivity contribution in [3.63, 3.8) is 0 Å². The van der Waals surface area contributed by atoms with Crippen LogP contribution in [0.1, 0.15) is 34.8 Å². The summed E-state index contributed by atoms with van der Waals surface area (Å²) >= 11 is 0. The first kappa shape index (κ1) is 28.2. The standard InChI is InChI=1S/C31H33N5O5/c32-35-33-22-26-10-5-4-9-25(26)21-31(30(38)36-15-19-39-20-16-36)28(23-7-2-1-3-8-23)41-29(34-31)24-11-13-27(14-12-24)40-18-6-17-37/h1-5,7-14,28,37H,6,15-22H2/t28-,31-/m0/s1. The Hall–Kier alpha value is -4.37. The second-order valence-corrected chi connectivity index (χ2v) is 9.94.